The smallest absolute Gasteiger partial charge is 0.0540 e. The highest BCUT2D eigenvalue weighted by molar-refractivity contribution is 5.93. The molecule has 0 fully saturated rings. The monoisotopic (exact) mass is 724 g/mol. The summed E-state index contributed by atoms with van der Waals surface area (Å²) in [7, 11) is 0. The predicted molar refractivity (Wildman–Crippen MR) is 241 cm³/mol. The van der Waals surface area contributed by atoms with Crippen LogP contribution in [0.3, 0.4) is 0 Å². The first kappa shape index (κ1) is 36.3. The Morgan fingerprint density at radius 3 is 0.929 bits per heavy atom. The topological polar surface area (TPSA) is 6.48 Å². The molecule has 56 heavy (non-hydrogen) atoms. The van der Waals surface area contributed by atoms with Crippen LogP contribution in [-0.2, 0) is 0 Å². The van der Waals surface area contributed by atoms with Crippen molar-refractivity contribution in [2.75, 3.05) is 9.80 Å². The van der Waals surface area contributed by atoms with Gasteiger partial charge in [0.05, 0.1) is 22.7 Å². The Labute approximate surface area is 333 Å². The molecule has 8 aromatic carbocycles. The van der Waals surface area contributed by atoms with Crippen LogP contribution in [0.5, 0.6) is 0 Å². The Morgan fingerprint density at radius 1 is 0.286 bits per heavy atom. The van der Waals surface area contributed by atoms with Crippen LogP contribution in [0, 0.1) is 41.5 Å². The fraction of sp³-hybridized carbons (Fsp3) is 0.111. The molecule has 0 aliphatic heterocycles. The van der Waals surface area contributed by atoms with E-state index in [2.05, 4.69) is 233 Å². The molecule has 0 bridgehead atoms. The molecule has 8 rings (SSSR count). The van der Waals surface area contributed by atoms with Crippen molar-refractivity contribution in [3.63, 3.8) is 0 Å². The van der Waals surface area contributed by atoms with Crippen molar-refractivity contribution < 1.29 is 0 Å². The van der Waals surface area contributed by atoms with E-state index in [1.165, 1.54) is 78.1 Å². The number of benzene rings is 8. The Hall–Kier alpha value is -6.64. The van der Waals surface area contributed by atoms with E-state index >= 15 is 0 Å². The zero-order valence-electron chi connectivity index (χ0n) is 33.2. The third-order valence-corrected chi connectivity index (χ3v) is 10.8. The lowest BCUT2D eigenvalue weighted by molar-refractivity contribution is 1.21. The maximum atomic E-state index is 2.44. The highest BCUT2D eigenvalue weighted by atomic mass is 15.2. The van der Waals surface area contributed by atoms with Crippen LogP contribution in [0.15, 0.2) is 182 Å². The molecular formula is C54H48N2. The van der Waals surface area contributed by atoms with Gasteiger partial charge in [-0.1, -0.05) is 132 Å². The van der Waals surface area contributed by atoms with Gasteiger partial charge in [0.25, 0.3) is 0 Å². The average Bonchev–Trinajstić information content (AvgIpc) is 3.22. The molecular weight excluding hydrogens is 677 g/mol. The molecule has 2 heteroatoms. The number of para-hydroxylation sites is 2. The molecule has 0 unspecified atom stereocenters. The van der Waals surface area contributed by atoms with Crippen molar-refractivity contribution in [1.82, 2.24) is 0 Å². The summed E-state index contributed by atoms with van der Waals surface area (Å²) in [6.07, 6.45) is 0. The number of hydrogen-bond donors (Lipinski definition) is 0. The lowest BCUT2D eigenvalue weighted by Crippen LogP contribution is -2.14. The van der Waals surface area contributed by atoms with E-state index < -0.39 is 0 Å². The van der Waals surface area contributed by atoms with Gasteiger partial charge in [0, 0.05) is 22.5 Å². The first-order valence-electron chi connectivity index (χ1n) is 19.5. The second-order valence-electron chi connectivity index (χ2n) is 15.0. The molecule has 0 aromatic heterocycles. The number of hydrogen-bond acceptors (Lipinski definition) is 2. The van der Waals surface area contributed by atoms with Gasteiger partial charge in [0.2, 0.25) is 0 Å². The van der Waals surface area contributed by atoms with Gasteiger partial charge >= 0.3 is 0 Å². The Bertz CT molecular complexity index is 2390. The normalized spacial score (nSPS) is 11.0. The van der Waals surface area contributed by atoms with Gasteiger partial charge in [-0.3, -0.25) is 0 Å². The molecule has 0 N–H and O–H groups in total. The SMILES string of the molecule is Cc1ccc(N(c2ccccc2-c2ccccc2)c2c(C)cc(-c3cc(C)c(N(c4ccc(C)cc4)c4ccccc4-c4ccccc4)c(C)c3)cc2C)cc1. The summed E-state index contributed by atoms with van der Waals surface area (Å²) in [5, 5.41) is 0. The van der Waals surface area contributed by atoms with Crippen molar-refractivity contribution in [3.05, 3.63) is 215 Å². The van der Waals surface area contributed by atoms with Gasteiger partial charge in [-0.25, -0.2) is 0 Å². The quantitative estimate of drug-likeness (QED) is 0.146. The zero-order chi connectivity index (χ0) is 38.8. The number of aryl methyl sites for hydroxylation is 6. The predicted octanol–water partition coefficient (Wildman–Crippen LogP) is 15.5. The molecule has 274 valence electrons. The minimum Gasteiger partial charge on any atom is -0.309 e. The summed E-state index contributed by atoms with van der Waals surface area (Å²) < 4.78 is 0. The van der Waals surface area contributed by atoms with Crippen LogP contribution in [-0.4, -0.2) is 0 Å². The van der Waals surface area contributed by atoms with Crippen molar-refractivity contribution in [1.29, 1.82) is 0 Å². The lowest BCUT2D eigenvalue weighted by Gasteiger charge is -2.32. The molecule has 0 atom stereocenters. The van der Waals surface area contributed by atoms with E-state index in [0.717, 1.165) is 22.7 Å². The fourth-order valence-electron chi connectivity index (χ4n) is 8.18. The van der Waals surface area contributed by atoms with Gasteiger partial charge < -0.3 is 9.80 Å². The van der Waals surface area contributed by atoms with E-state index in [1.807, 2.05) is 0 Å². The third kappa shape index (κ3) is 7.14. The molecule has 0 radical (unpaired) electrons. The van der Waals surface area contributed by atoms with Gasteiger partial charge in [-0.15, -0.1) is 0 Å². The van der Waals surface area contributed by atoms with Crippen LogP contribution in [0.4, 0.5) is 34.1 Å². The molecule has 0 spiro atoms. The van der Waals surface area contributed by atoms with E-state index in [9.17, 15) is 0 Å². The van der Waals surface area contributed by atoms with E-state index in [1.54, 1.807) is 0 Å². The largest absolute Gasteiger partial charge is 0.309 e. The number of nitrogens with zero attached hydrogens (tertiary/aromatic N) is 2. The van der Waals surface area contributed by atoms with E-state index in [-0.39, 0.29) is 0 Å². The average molecular weight is 725 g/mol. The van der Waals surface area contributed by atoms with Crippen LogP contribution in [0.25, 0.3) is 33.4 Å². The van der Waals surface area contributed by atoms with Gasteiger partial charge in [-0.2, -0.15) is 0 Å². The molecule has 0 saturated heterocycles. The number of rotatable bonds is 9. The zero-order valence-corrected chi connectivity index (χ0v) is 33.2. The highest BCUT2D eigenvalue weighted by Gasteiger charge is 2.23. The summed E-state index contributed by atoms with van der Waals surface area (Å²) in [6.45, 7) is 13.3. The molecule has 2 nitrogen and oxygen atoms in total. The van der Waals surface area contributed by atoms with Crippen molar-refractivity contribution in [3.8, 4) is 33.4 Å². The summed E-state index contributed by atoms with van der Waals surface area (Å²) in [4.78, 5) is 4.89. The molecule has 0 amide bonds. The van der Waals surface area contributed by atoms with Gasteiger partial charge in [0.15, 0.2) is 0 Å². The highest BCUT2D eigenvalue weighted by Crippen LogP contribution is 2.47. The van der Waals surface area contributed by atoms with Crippen LogP contribution >= 0.6 is 0 Å². The van der Waals surface area contributed by atoms with Gasteiger partial charge in [-0.05, 0) is 147 Å². The van der Waals surface area contributed by atoms with Crippen LogP contribution < -0.4 is 9.80 Å². The fourth-order valence-corrected chi connectivity index (χ4v) is 8.18. The maximum Gasteiger partial charge on any atom is 0.0540 e. The van der Waals surface area contributed by atoms with Crippen molar-refractivity contribution in [2.45, 2.75) is 41.5 Å². The second-order valence-corrected chi connectivity index (χ2v) is 15.0. The summed E-state index contributed by atoms with van der Waals surface area (Å²) in [6, 6.07) is 66.2. The van der Waals surface area contributed by atoms with Crippen molar-refractivity contribution >= 4 is 34.1 Å². The standard InChI is InChI=1S/C54H48N2/c1-37-25-29-47(30-26-37)55(51-23-15-13-21-49(51)43-17-9-7-10-18-43)53-39(3)33-45(34-40(53)4)46-35-41(5)54(42(6)36-46)56(48-31-27-38(2)28-32-48)52-24-16-14-22-50(52)44-19-11-8-12-20-44/h7-36H,1-6H3. The lowest BCUT2D eigenvalue weighted by atomic mass is 9.93. The van der Waals surface area contributed by atoms with E-state index in [0.29, 0.717) is 0 Å². The molecule has 0 saturated carbocycles. The summed E-state index contributed by atoms with van der Waals surface area (Å²) >= 11 is 0. The molecule has 8 aromatic rings. The third-order valence-electron chi connectivity index (χ3n) is 10.8. The maximum absolute atomic E-state index is 2.44. The second kappa shape index (κ2) is 15.6. The van der Waals surface area contributed by atoms with Gasteiger partial charge in [0.1, 0.15) is 0 Å². The summed E-state index contributed by atoms with van der Waals surface area (Å²) in [5.74, 6) is 0. The van der Waals surface area contributed by atoms with Crippen molar-refractivity contribution in [2.24, 2.45) is 0 Å². The summed E-state index contributed by atoms with van der Waals surface area (Å²) in [5.41, 5.74) is 21.6. The van der Waals surface area contributed by atoms with Crippen LogP contribution in [0.2, 0.25) is 0 Å². The molecule has 0 aliphatic carbocycles. The minimum atomic E-state index is 1.14. The van der Waals surface area contributed by atoms with Crippen LogP contribution in [0.1, 0.15) is 33.4 Å². The molecule has 0 heterocycles. The Balaban J connectivity index is 1.25. The Morgan fingerprint density at radius 2 is 0.589 bits per heavy atom. The minimum absolute atomic E-state index is 1.14. The molecule has 0 aliphatic rings. The number of anilines is 6. The first-order chi connectivity index (χ1) is 27.3. The first-order valence-corrected chi connectivity index (χ1v) is 19.5. The van der Waals surface area contributed by atoms with E-state index in [4.69, 9.17) is 0 Å². The Kier molecular flexibility index (Phi) is 10.1.